The summed E-state index contributed by atoms with van der Waals surface area (Å²) >= 11 is 0. The van der Waals surface area contributed by atoms with Crippen molar-refractivity contribution < 1.29 is 17.9 Å². The minimum absolute atomic E-state index is 0.240. The average molecular weight is 463 g/mol. The molecule has 4 rings (SSSR count). The van der Waals surface area contributed by atoms with Crippen LogP contribution in [0.5, 0.6) is 0 Å². The highest BCUT2D eigenvalue weighted by atomic mass is 19.2. The molecule has 0 fully saturated rings. The molecule has 0 aliphatic carbocycles. The molecule has 0 aliphatic heterocycles. The predicted octanol–water partition coefficient (Wildman–Crippen LogP) is 7.41. The van der Waals surface area contributed by atoms with Crippen LogP contribution >= 0.6 is 0 Å². The van der Waals surface area contributed by atoms with E-state index in [9.17, 15) is 8.78 Å². The number of benzene rings is 4. The first-order valence-corrected chi connectivity index (χ1v) is 11.7. The largest absolute Gasteiger partial charge is 0.385 e. The van der Waals surface area contributed by atoms with E-state index in [0.717, 1.165) is 43.7 Å². The topological polar surface area (TPSA) is 9.23 Å². The molecule has 4 aromatic carbocycles. The highest BCUT2D eigenvalue weighted by molar-refractivity contribution is 5.84. The van der Waals surface area contributed by atoms with Crippen LogP contribution in [0.15, 0.2) is 72.8 Å². The first kappa shape index (κ1) is 24.0. The van der Waals surface area contributed by atoms with Crippen LogP contribution in [0.3, 0.4) is 0 Å². The minimum atomic E-state index is -0.873. The van der Waals surface area contributed by atoms with Gasteiger partial charge >= 0.3 is 0 Å². The summed E-state index contributed by atoms with van der Waals surface area (Å²) in [5.41, 5.74) is 5.01. The molecule has 0 atom stereocenters. The van der Waals surface area contributed by atoms with Crippen molar-refractivity contribution in [1.29, 1.82) is 0 Å². The van der Waals surface area contributed by atoms with Gasteiger partial charge in [0.15, 0.2) is 11.6 Å². The Bertz CT molecular complexity index is 1250. The molecule has 0 saturated carbocycles. The standard InChI is InChI=1S/C30H29F3O/c1-34-18-2-3-21-4-6-22(7-5-21)8-9-23-11-16-27-26(19-23)15-14-25(30(27)33)13-10-24-12-17-28(31)29(32)20-24/h4-7,11-12,14-17,19-20H,2-3,8-10,13,18H2,1H3. The van der Waals surface area contributed by atoms with Gasteiger partial charge in [-0.25, -0.2) is 13.2 Å². The normalized spacial score (nSPS) is 11.3. The van der Waals surface area contributed by atoms with Crippen molar-refractivity contribution in [3.63, 3.8) is 0 Å². The van der Waals surface area contributed by atoms with Gasteiger partial charge in [0.05, 0.1) is 0 Å². The Morgan fingerprint density at radius 3 is 1.94 bits per heavy atom. The lowest BCUT2D eigenvalue weighted by atomic mass is 9.97. The van der Waals surface area contributed by atoms with Crippen LogP contribution in [0.4, 0.5) is 13.2 Å². The van der Waals surface area contributed by atoms with Crippen molar-refractivity contribution in [3.8, 4) is 0 Å². The van der Waals surface area contributed by atoms with Gasteiger partial charge in [-0.3, -0.25) is 0 Å². The number of hydrogen-bond donors (Lipinski definition) is 0. The van der Waals surface area contributed by atoms with Crippen molar-refractivity contribution in [2.45, 2.75) is 38.5 Å². The number of fused-ring (bicyclic) bond motifs is 1. The third-order valence-corrected chi connectivity index (χ3v) is 6.30. The van der Waals surface area contributed by atoms with Gasteiger partial charge in [0, 0.05) is 19.1 Å². The molecule has 0 aromatic heterocycles. The number of halogens is 3. The Kier molecular flexibility index (Phi) is 8.02. The fraction of sp³-hybridized carbons (Fsp3) is 0.267. The van der Waals surface area contributed by atoms with E-state index in [2.05, 4.69) is 30.3 Å². The summed E-state index contributed by atoms with van der Waals surface area (Å²) in [6.07, 6.45) is 4.74. The molecule has 0 N–H and O–H groups in total. The molecule has 0 unspecified atom stereocenters. The zero-order valence-electron chi connectivity index (χ0n) is 19.4. The molecular weight excluding hydrogens is 433 g/mol. The molecule has 4 aromatic rings. The Labute approximate surface area is 199 Å². The third kappa shape index (κ3) is 6.06. The second kappa shape index (κ2) is 11.3. The summed E-state index contributed by atoms with van der Waals surface area (Å²) in [5.74, 6) is -1.98. The molecule has 176 valence electrons. The number of aryl methyl sites for hydroxylation is 5. The molecule has 0 amide bonds. The number of rotatable bonds is 10. The highest BCUT2D eigenvalue weighted by Gasteiger charge is 2.10. The maximum absolute atomic E-state index is 15.1. The number of ether oxygens (including phenoxy) is 1. The lowest BCUT2D eigenvalue weighted by molar-refractivity contribution is 0.195. The highest BCUT2D eigenvalue weighted by Crippen LogP contribution is 2.24. The Balaban J connectivity index is 1.38. The summed E-state index contributed by atoms with van der Waals surface area (Å²) < 4.78 is 46.8. The summed E-state index contributed by atoms with van der Waals surface area (Å²) in [4.78, 5) is 0. The fourth-order valence-corrected chi connectivity index (χ4v) is 4.29. The molecule has 4 heteroatoms. The van der Waals surface area contributed by atoms with Gasteiger partial charge in [0.1, 0.15) is 5.82 Å². The van der Waals surface area contributed by atoms with Crippen molar-refractivity contribution in [3.05, 3.63) is 118 Å². The Hall–Kier alpha value is -3.11. The quantitative estimate of drug-likeness (QED) is 0.223. The van der Waals surface area contributed by atoms with Gasteiger partial charge in [-0.1, -0.05) is 60.7 Å². The van der Waals surface area contributed by atoms with Gasteiger partial charge in [-0.05, 0) is 83.9 Å². The van der Waals surface area contributed by atoms with Gasteiger partial charge in [0.25, 0.3) is 0 Å². The van der Waals surface area contributed by atoms with Crippen LogP contribution in [0.1, 0.15) is 34.2 Å². The van der Waals surface area contributed by atoms with E-state index in [-0.39, 0.29) is 5.82 Å². The molecule has 0 bridgehead atoms. The molecular formula is C30H29F3O. The Morgan fingerprint density at radius 2 is 1.21 bits per heavy atom. The van der Waals surface area contributed by atoms with Crippen molar-refractivity contribution >= 4 is 10.8 Å². The lowest BCUT2D eigenvalue weighted by Crippen LogP contribution is -1.98. The fourth-order valence-electron chi connectivity index (χ4n) is 4.29. The SMILES string of the molecule is COCCCc1ccc(CCc2ccc3c(F)c(CCc4ccc(F)c(F)c4)ccc3c2)cc1. The summed E-state index contributed by atoms with van der Waals surface area (Å²) in [6.45, 7) is 0.778. The monoisotopic (exact) mass is 462 g/mol. The van der Waals surface area contributed by atoms with Crippen molar-refractivity contribution in [2.75, 3.05) is 13.7 Å². The van der Waals surface area contributed by atoms with Gasteiger partial charge < -0.3 is 4.74 Å². The molecule has 0 saturated heterocycles. The summed E-state index contributed by atoms with van der Waals surface area (Å²) in [5, 5.41) is 1.46. The number of hydrogen-bond acceptors (Lipinski definition) is 1. The maximum atomic E-state index is 15.1. The first-order valence-electron chi connectivity index (χ1n) is 11.7. The van der Waals surface area contributed by atoms with E-state index >= 15 is 4.39 Å². The smallest absolute Gasteiger partial charge is 0.159 e. The van der Waals surface area contributed by atoms with Crippen LogP contribution in [-0.2, 0) is 36.8 Å². The van der Waals surface area contributed by atoms with E-state index < -0.39 is 11.6 Å². The zero-order valence-corrected chi connectivity index (χ0v) is 19.4. The lowest BCUT2D eigenvalue weighted by Gasteiger charge is -2.10. The average Bonchev–Trinajstić information content (AvgIpc) is 2.85. The van der Waals surface area contributed by atoms with E-state index in [0.29, 0.717) is 29.4 Å². The van der Waals surface area contributed by atoms with E-state index in [1.54, 1.807) is 19.2 Å². The van der Waals surface area contributed by atoms with Crippen LogP contribution < -0.4 is 0 Å². The van der Waals surface area contributed by atoms with Crippen LogP contribution in [0.25, 0.3) is 10.8 Å². The molecule has 0 heterocycles. The van der Waals surface area contributed by atoms with Crippen molar-refractivity contribution in [1.82, 2.24) is 0 Å². The molecule has 34 heavy (non-hydrogen) atoms. The first-order chi connectivity index (χ1) is 16.5. The third-order valence-electron chi connectivity index (χ3n) is 6.30. The van der Waals surface area contributed by atoms with Gasteiger partial charge in [0.2, 0.25) is 0 Å². The number of methoxy groups -OCH3 is 1. The minimum Gasteiger partial charge on any atom is -0.385 e. The molecule has 0 spiro atoms. The molecule has 0 radical (unpaired) electrons. The van der Waals surface area contributed by atoms with E-state index in [4.69, 9.17) is 4.74 Å². The maximum Gasteiger partial charge on any atom is 0.159 e. The van der Waals surface area contributed by atoms with Crippen molar-refractivity contribution in [2.24, 2.45) is 0 Å². The van der Waals surface area contributed by atoms with E-state index in [1.165, 1.54) is 22.8 Å². The molecule has 1 nitrogen and oxygen atoms in total. The summed E-state index contributed by atoms with van der Waals surface area (Å²) in [6, 6.07) is 22.2. The second-order valence-electron chi connectivity index (χ2n) is 8.76. The van der Waals surface area contributed by atoms with Crippen LogP contribution in [-0.4, -0.2) is 13.7 Å². The van der Waals surface area contributed by atoms with Gasteiger partial charge in [-0.15, -0.1) is 0 Å². The predicted molar refractivity (Wildman–Crippen MR) is 132 cm³/mol. The zero-order chi connectivity index (χ0) is 23.9. The second-order valence-corrected chi connectivity index (χ2v) is 8.76. The van der Waals surface area contributed by atoms with Crippen LogP contribution in [0.2, 0.25) is 0 Å². The Morgan fingerprint density at radius 1 is 0.588 bits per heavy atom. The van der Waals surface area contributed by atoms with E-state index in [1.807, 2.05) is 18.2 Å². The summed E-state index contributed by atoms with van der Waals surface area (Å²) in [7, 11) is 1.72. The van der Waals surface area contributed by atoms with Crippen LogP contribution in [0, 0.1) is 17.5 Å². The molecule has 0 aliphatic rings. The van der Waals surface area contributed by atoms with Gasteiger partial charge in [-0.2, -0.15) is 0 Å².